The van der Waals surface area contributed by atoms with Crippen molar-refractivity contribution in [2.24, 2.45) is 5.92 Å². The number of carbonyl (C=O) groups is 2. The Morgan fingerprint density at radius 3 is 2.22 bits per heavy atom. The second-order valence-corrected chi connectivity index (χ2v) is 10.8. The molecule has 0 saturated carbocycles. The van der Waals surface area contributed by atoms with Gasteiger partial charge in [-0.2, -0.15) is 0 Å². The number of likely N-dealkylation sites (N-methyl/N-ethyl adjacent to an activating group) is 1. The van der Waals surface area contributed by atoms with Gasteiger partial charge in [-0.15, -0.1) is 0 Å². The molecular weight excluding hydrogens is 520 g/mol. The van der Waals surface area contributed by atoms with Crippen molar-refractivity contribution >= 4 is 17.6 Å². The summed E-state index contributed by atoms with van der Waals surface area (Å²) in [5.41, 5.74) is 4.57. The van der Waals surface area contributed by atoms with Gasteiger partial charge in [0.05, 0.1) is 18.8 Å². The number of hydrogen-bond donors (Lipinski definition) is 3. The summed E-state index contributed by atoms with van der Waals surface area (Å²) in [6.45, 7) is 5.03. The van der Waals surface area contributed by atoms with E-state index in [0.717, 1.165) is 16.7 Å². The van der Waals surface area contributed by atoms with E-state index in [-0.39, 0.29) is 49.5 Å². The van der Waals surface area contributed by atoms with E-state index in [4.69, 9.17) is 14.6 Å². The Morgan fingerprint density at radius 1 is 0.927 bits per heavy atom. The Morgan fingerprint density at radius 2 is 1.59 bits per heavy atom. The van der Waals surface area contributed by atoms with Crippen molar-refractivity contribution in [2.45, 2.75) is 64.3 Å². The molecule has 41 heavy (non-hydrogen) atoms. The first kappa shape index (κ1) is 30.4. The third kappa shape index (κ3) is 8.24. The van der Waals surface area contributed by atoms with E-state index in [1.165, 1.54) is 5.56 Å². The van der Waals surface area contributed by atoms with Crippen molar-refractivity contribution in [1.82, 2.24) is 4.90 Å². The van der Waals surface area contributed by atoms with E-state index in [0.29, 0.717) is 18.7 Å². The van der Waals surface area contributed by atoms with Crippen molar-refractivity contribution in [3.05, 3.63) is 101 Å². The molecule has 1 amide bonds. The maximum absolute atomic E-state index is 12.2. The summed E-state index contributed by atoms with van der Waals surface area (Å²) in [7, 11) is 2.11. The topological polar surface area (TPSA) is 108 Å². The number of amides is 1. The van der Waals surface area contributed by atoms with Gasteiger partial charge in [0, 0.05) is 42.6 Å². The molecular formula is C33H40N2O6. The number of rotatable bonds is 12. The van der Waals surface area contributed by atoms with Crippen molar-refractivity contribution in [3.63, 3.8) is 0 Å². The van der Waals surface area contributed by atoms with Crippen LogP contribution < -0.4 is 5.32 Å². The Kier molecular flexibility index (Phi) is 10.7. The minimum atomic E-state index is -0.911. The highest BCUT2D eigenvalue weighted by atomic mass is 16.7. The van der Waals surface area contributed by atoms with Crippen molar-refractivity contribution in [1.29, 1.82) is 0 Å². The summed E-state index contributed by atoms with van der Waals surface area (Å²) >= 11 is 0. The van der Waals surface area contributed by atoms with Crippen molar-refractivity contribution in [3.8, 4) is 0 Å². The highest BCUT2D eigenvalue weighted by Gasteiger charge is 2.39. The fourth-order valence-corrected chi connectivity index (χ4v) is 5.10. The number of anilines is 1. The second kappa shape index (κ2) is 14.4. The average molecular weight is 561 g/mol. The predicted octanol–water partition coefficient (Wildman–Crippen LogP) is 5.86. The van der Waals surface area contributed by atoms with Gasteiger partial charge >= 0.3 is 5.97 Å². The molecule has 1 fully saturated rings. The molecule has 5 atom stereocenters. The Hall–Kier alpha value is -3.56. The third-order valence-electron chi connectivity index (χ3n) is 7.80. The van der Waals surface area contributed by atoms with Gasteiger partial charge in [-0.25, -0.2) is 0 Å². The van der Waals surface area contributed by atoms with E-state index >= 15 is 0 Å². The first-order valence-electron chi connectivity index (χ1n) is 14.1. The number of aliphatic hydroxyl groups excluding tert-OH is 1. The molecule has 0 bridgehead atoms. The summed E-state index contributed by atoms with van der Waals surface area (Å²) in [4.78, 5) is 25.2. The van der Waals surface area contributed by atoms with Gasteiger partial charge in [-0.05, 0) is 49.2 Å². The van der Waals surface area contributed by atoms with E-state index in [2.05, 4.69) is 55.4 Å². The number of aliphatic hydroxyl groups is 1. The number of nitrogens with one attached hydrogen (secondary N) is 1. The van der Waals surface area contributed by atoms with Crippen LogP contribution in [-0.4, -0.2) is 46.7 Å². The number of carboxylic acid groups (broad SMARTS) is 1. The van der Waals surface area contributed by atoms with Crippen LogP contribution in [0.1, 0.15) is 73.8 Å². The van der Waals surface area contributed by atoms with Gasteiger partial charge in [0.1, 0.15) is 0 Å². The summed E-state index contributed by atoms with van der Waals surface area (Å²) in [5, 5.41) is 21.1. The van der Waals surface area contributed by atoms with Crippen molar-refractivity contribution in [2.75, 3.05) is 18.9 Å². The molecule has 0 unspecified atom stereocenters. The first-order chi connectivity index (χ1) is 19.7. The van der Waals surface area contributed by atoms with Gasteiger partial charge < -0.3 is 25.0 Å². The lowest BCUT2D eigenvalue weighted by molar-refractivity contribution is -0.276. The molecule has 0 aliphatic carbocycles. The quantitative estimate of drug-likeness (QED) is 0.255. The lowest BCUT2D eigenvalue weighted by atomic mass is 9.89. The number of benzene rings is 3. The highest BCUT2D eigenvalue weighted by molar-refractivity contribution is 5.90. The zero-order chi connectivity index (χ0) is 29.4. The molecule has 1 saturated heterocycles. The van der Waals surface area contributed by atoms with E-state index in [1.807, 2.05) is 42.5 Å². The summed E-state index contributed by atoms with van der Waals surface area (Å²) in [6, 6.07) is 25.8. The molecule has 1 heterocycles. The van der Waals surface area contributed by atoms with Crippen LogP contribution >= 0.6 is 0 Å². The van der Waals surface area contributed by atoms with E-state index in [9.17, 15) is 14.7 Å². The largest absolute Gasteiger partial charge is 0.481 e. The fraction of sp³-hybridized carbons (Fsp3) is 0.394. The Labute approximate surface area is 241 Å². The summed E-state index contributed by atoms with van der Waals surface area (Å²) in [6.07, 6.45) is -0.554. The molecule has 1 aliphatic heterocycles. The lowest BCUT2D eigenvalue weighted by Gasteiger charge is -2.43. The van der Waals surface area contributed by atoms with E-state index < -0.39 is 12.3 Å². The summed E-state index contributed by atoms with van der Waals surface area (Å²) < 4.78 is 13.1. The SMILES string of the molecule is C[C@H]1[C@@H](CN(C)[C@@H](C)c2ccccc2)O[C@@H](c2ccc(NC(=O)CCCC(=O)O)cc2)O[C@H]1c1ccc(CO)cc1. The van der Waals surface area contributed by atoms with Crippen LogP contribution in [0.5, 0.6) is 0 Å². The Balaban J connectivity index is 1.50. The monoisotopic (exact) mass is 560 g/mol. The zero-order valence-corrected chi connectivity index (χ0v) is 23.9. The average Bonchev–Trinajstić information content (AvgIpc) is 2.98. The maximum Gasteiger partial charge on any atom is 0.303 e. The standard InChI is InChI=1S/C33H40N2O6/c1-22-29(20-35(3)23(2)25-8-5-4-6-9-25)40-33(41-32(22)26-14-12-24(21-36)13-15-26)27-16-18-28(19-17-27)34-30(37)10-7-11-31(38)39/h4-6,8-9,12-19,22-23,29,32-33,36H,7,10-11,20-21H2,1-3H3,(H,34,37)(H,38,39)/t22-,23-,29+,32+,33+/m0/s1. The number of carboxylic acids is 1. The Bertz CT molecular complexity index is 1270. The van der Waals surface area contributed by atoms with Crippen LogP contribution in [0.4, 0.5) is 5.69 Å². The molecule has 8 nitrogen and oxygen atoms in total. The first-order valence-corrected chi connectivity index (χ1v) is 14.1. The number of ether oxygens (including phenoxy) is 2. The van der Waals surface area contributed by atoms with Gasteiger partial charge in [-0.1, -0.05) is 73.7 Å². The summed E-state index contributed by atoms with van der Waals surface area (Å²) in [5.74, 6) is -1.08. The number of aliphatic carboxylic acids is 1. The molecule has 0 spiro atoms. The van der Waals surface area contributed by atoms with Crippen LogP contribution in [0.25, 0.3) is 0 Å². The van der Waals surface area contributed by atoms with Crippen molar-refractivity contribution < 1.29 is 29.3 Å². The minimum absolute atomic E-state index is 0.0136. The molecule has 3 aromatic rings. The molecule has 4 rings (SSSR count). The molecule has 8 heteroatoms. The fourth-order valence-electron chi connectivity index (χ4n) is 5.10. The second-order valence-electron chi connectivity index (χ2n) is 10.8. The molecule has 1 aliphatic rings. The normalized spacial score (nSPS) is 21.4. The smallest absolute Gasteiger partial charge is 0.303 e. The molecule has 0 radical (unpaired) electrons. The van der Waals surface area contributed by atoms with Crippen LogP contribution in [0.2, 0.25) is 0 Å². The van der Waals surface area contributed by atoms with Crippen LogP contribution in [0.3, 0.4) is 0 Å². The number of carbonyl (C=O) groups excluding carboxylic acids is 1. The van der Waals surface area contributed by atoms with Gasteiger partial charge in [0.25, 0.3) is 0 Å². The zero-order valence-electron chi connectivity index (χ0n) is 23.9. The van der Waals surface area contributed by atoms with Crippen LogP contribution in [-0.2, 0) is 25.7 Å². The van der Waals surface area contributed by atoms with E-state index in [1.54, 1.807) is 12.1 Å². The molecule has 218 valence electrons. The molecule has 3 N–H and O–H groups in total. The number of nitrogens with zero attached hydrogens (tertiary/aromatic N) is 1. The van der Waals surface area contributed by atoms with Gasteiger partial charge in [0.2, 0.25) is 5.91 Å². The number of hydrogen-bond acceptors (Lipinski definition) is 6. The highest BCUT2D eigenvalue weighted by Crippen LogP contribution is 2.42. The molecule has 0 aromatic heterocycles. The van der Waals surface area contributed by atoms with Gasteiger partial charge in [0.15, 0.2) is 6.29 Å². The van der Waals surface area contributed by atoms with Gasteiger partial charge in [-0.3, -0.25) is 14.5 Å². The van der Waals surface area contributed by atoms with Crippen LogP contribution in [0.15, 0.2) is 78.9 Å². The maximum atomic E-state index is 12.2. The predicted molar refractivity (Wildman–Crippen MR) is 157 cm³/mol. The minimum Gasteiger partial charge on any atom is -0.481 e. The van der Waals surface area contributed by atoms with Crippen LogP contribution in [0, 0.1) is 5.92 Å². The third-order valence-corrected chi connectivity index (χ3v) is 7.80. The lowest BCUT2D eigenvalue weighted by Crippen LogP contribution is -2.44. The molecule has 3 aromatic carbocycles.